The van der Waals surface area contributed by atoms with Gasteiger partial charge in [-0.05, 0) is 79.8 Å². The molecule has 0 heterocycles. The highest BCUT2D eigenvalue weighted by Crippen LogP contribution is 2.32. The molecule has 0 bridgehead atoms. The van der Waals surface area contributed by atoms with Crippen molar-refractivity contribution in [2.24, 2.45) is 0 Å². The number of hydrogen-bond acceptors (Lipinski definition) is 5. The van der Waals surface area contributed by atoms with Gasteiger partial charge < -0.3 is 14.8 Å². The first-order valence-corrected chi connectivity index (χ1v) is 11.8. The van der Waals surface area contributed by atoms with Crippen molar-refractivity contribution in [3.63, 3.8) is 0 Å². The summed E-state index contributed by atoms with van der Waals surface area (Å²) >= 11 is 0. The van der Waals surface area contributed by atoms with Crippen molar-refractivity contribution in [3.8, 4) is 11.5 Å². The maximum absolute atomic E-state index is 12.8. The summed E-state index contributed by atoms with van der Waals surface area (Å²) in [6.07, 6.45) is 4.76. The van der Waals surface area contributed by atoms with Crippen LogP contribution in [0.3, 0.4) is 0 Å². The van der Waals surface area contributed by atoms with Crippen LogP contribution in [0, 0.1) is 0 Å². The Labute approximate surface area is 206 Å². The fraction of sp³-hybridized carbons (Fsp3) is 0.286. The van der Waals surface area contributed by atoms with Gasteiger partial charge in [-0.3, -0.25) is 14.6 Å². The van der Waals surface area contributed by atoms with Crippen molar-refractivity contribution in [1.82, 2.24) is 10.4 Å². The SMILES string of the molecule is COc1ccc(CNN(C)C(=O)c2ccc(NC(=O)c3ccccc3)cc2)cc1OC1CCCC1. The van der Waals surface area contributed by atoms with Crippen molar-refractivity contribution in [2.45, 2.75) is 38.3 Å². The average Bonchev–Trinajstić information content (AvgIpc) is 3.41. The van der Waals surface area contributed by atoms with E-state index in [-0.39, 0.29) is 17.9 Å². The summed E-state index contributed by atoms with van der Waals surface area (Å²) in [6, 6.07) is 21.6. The molecule has 0 atom stereocenters. The molecule has 182 valence electrons. The van der Waals surface area contributed by atoms with Crippen LogP contribution in [0.2, 0.25) is 0 Å². The quantitative estimate of drug-likeness (QED) is 0.426. The van der Waals surface area contributed by atoms with Crippen LogP contribution in [0.5, 0.6) is 11.5 Å². The number of anilines is 1. The van der Waals surface area contributed by atoms with E-state index in [9.17, 15) is 9.59 Å². The van der Waals surface area contributed by atoms with E-state index in [4.69, 9.17) is 9.47 Å². The zero-order chi connectivity index (χ0) is 24.6. The first kappa shape index (κ1) is 24.3. The molecule has 0 unspecified atom stereocenters. The Morgan fingerprint density at radius 2 is 1.63 bits per heavy atom. The second-order valence-corrected chi connectivity index (χ2v) is 8.61. The third-order valence-electron chi connectivity index (χ3n) is 6.07. The number of hydrogen-bond donors (Lipinski definition) is 2. The second kappa shape index (κ2) is 11.5. The fourth-order valence-electron chi connectivity index (χ4n) is 4.07. The van der Waals surface area contributed by atoms with Gasteiger partial charge in [0.2, 0.25) is 0 Å². The fourth-order valence-corrected chi connectivity index (χ4v) is 4.07. The van der Waals surface area contributed by atoms with Crippen LogP contribution in [0.25, 0.3) is 0 Å². The van der Waals surface area contributed by atoms with E-state index in [0.29, 0.717) is 29.1 Å². The Bertz CT molecular complexity index is 1140. The van der Waals surface area contributed by atoms with Crippen molar-refractivity contribution in [3.05, 3.63) is 89.5 Å². The number of carbonyl (C=O) groups is 2. The van der Waals surface area contributed by atoms with Crippen LogP contribution in [-0.2, 0) is 6.54 Å². The Kier molecular flexibility index (Phi) is 8.00. The van der Waals surface area contributed by atoms with Gasteiger partial charge in [-0.1, -0.05) is 24.3 Å². The highest BCUT2D eigenvalue weighted by Gasteiger charge is 2.19. The Hall–Kier alpha value is -3.84. The van der Waals surface area contributed by atoms with Gasteiger partial charge in [0.25, 0.3) is 11.8 Å². The van der Waals surface area contributed by atoms with Gasteiger partial charge in [-0.2, -0.15) is 0 Å². The number of rotatable bonds is 9. The van der Waals surface area contributed by atoms with Crippen molar-refractivity contribution >= 4 is 17.5 Å². The Balaban J connectivity index is 1.33. The number of hydrazine groups is 1. The summed E-state index contributed by atoms with van der Waals surface area (Å²) in [5, 5.41) is 4.30. The molecule has 0 saturated heterocycles. The summed E-state index contributed by atoms with van der Waals surface area (Å²) in [5.74, 6) is 1.08. The molecule has 0 radical (unpaired) electrons. The molecule has 35 heavy (non-hydrogen) atoms. The number of carbonyl (C=O) groups excluding carboxylic acids is 2. The third-order valence-corrected chi connectivity index (χ3v) is 6.07. The lowest BCUT2D eigenvalue weighted by atomic mass is 10.1. The molecule has 1 saturated carbocycles. The normalized spacial score (nSPS) is 13.3. The van der Waals surface area contributed by atoms with E-state index in [1.807, 2.05) is 36.4 Å². The number of amides is 2. The molecule has 1 aliphatic rings. The van der Waals surface area contributed by atoms with Gasteiger partial charge in [0, 0.05) is 30.4 Å². The summed E-state index contributed by atoms with van der Waals surface area (Å²) in [4.78, 5) is 25.2. The molecule has 1 aliphatic carbocycles. The van der Waals surface area contributed by atoms with Gasteiger partial charge in [0.1, 0.15) is 0 Å². The van der Waals surface area contributed by atoms with Gasteiger partial charge in [0.05, 0.1) is 13.2 Å². The molecule has 7 nitrogen and oxygen atoms in total. The number of nitrogens with one attached hydrogen (secondary N) is 2. The predicted octanol–water partition coefficient (Wildman–Crippen LogP) is 5.05. The molecule has 2 amide bonds. The molecule has 3 aromatic carbocycles. The molecular formula is C28H31N3O4. The minimum Gasteiger partial charge on any atom is -0.493 e. The van der Waals surface area contributed by atoms with Crippen molar-refractivity contribution in [2.75, 3.05) is 19.5 Å². The molecule has 0 spiro atoms. The first-order chi connectivity index (χ1) is 17.0. The van der Waals surface area contributed by atoms with Crippen molar-refractivity contribution < 1.29 is 19.1 Å². The number of nitrogens with zero attached hydrogens (tertiary/aromatic N) is 1. The van der Waals surface area contributed by atoms with Gasteiger partial charge in [-0.15, -0.1) is 0 Å². The standard InChI is InChI=1S/C28H31N3O4/c1-31(29-19-20-12-17-25(34-2)26(18-20)35-24-10-6-7-11-24)28(33)22-13-15-23(16-14-22)30-27(32)21-8-4-3-5-9-21/h3-5,8-9,12-18,24,29H,6-7,10-11,19H2,1-2H3,(H,30,32). The van der Waals surface area contributed by atoms with Crippen LogP contribution in [-0.4, -0.2) is 37.1 Å². The average molecular weight is 474 g/mol. The zero-order valence-electron chi connectivity index (χ0n) is 20.1. The highest BCUT2D eigenvalue weighted by molar-refractivity contribution is 6.04. The molecule has 2 N–H and O–H groups in total. The van der Waals surface area contributed by atoms with Gasteiger partial charge >= 0.3 is 0 Å². The largest absolute Gasteiger partial charge is 0.493 e. The smallest absolute Gasteiger partial charge is 0.267 e. The minimum atomic E-state index is -0.195. The topological polar surface area (TPSA) is 79.9 Å². The molecule has 0 aromatic heterocycles. The number of methoxy groups -OCH3 is 1. The Morgan fingerprint density at radius 3 is 2.31 bits per heavy atom. The molecule has 0 aliphatic heterocycles. The van der Waals surface area contributed by atoms with Crippen molar-refractivity contribution in [1.29, 1.82) is 0 Å². The number of ether oxygens (including phenoxy) is 2. The monoisotopic (exact) mass is 473 g/mol. The minimum absolute atomic E-state index is 0.179. The Morgan fingerprint density at radius 1 is 0.914 bits per heavy atom. The summed E-state index contributed by atoms with van der Waals surface area (Å²) < 4.78 is 11.6. The molecule has 3 aromatic rings. The predicted molar refractivity (Wildman–Crippen MR) is 136 cm³/mol. The number of benzene rings is 3. The van der Waals surface area contributed by atoms with Crippen LogP contribution < -0.4 is 20.2 Å². The summed E-state index contributed by atoms with van der Waals surface area (Å²) in [6.45, 7) is 0.457. The van der Waals surface area contributed by atoms with E-state index >= 15 is 0 Å². The van der Waals surface area contributed by atoms with Gasteiger partial charge in [0.15, 0.2) is 11.5 Å². The van der Waals surface area contributed by atoms with E-state index in [1.165, 1.54) is 17.9 Å². The maximum atomic E-state index is 12.8. The summed E-state index contributed by atoms with van der Waals surface area (Å²) in [5.41, 5.74) is 5.84. The first-order valence-electron chi connectivity index (χ1n) is 11.8. The molecule has 1 fully saturated rings. The summed E-state index contributed by atoms with van der Waals surface area (Å²) in [7, 11) is 3.33. The molecule has 7 heteroatoms. The van der Waals surface area contributed by atoms with Crippen LogP contribution >= 0.6 is 0 Å². The van der Waals surface area contributed by atoms with E-state index < -0.39 is 0 Å². The maximum Gasteiger partial charge on any atom is 0.267 e. The lowest BCUT2D eigenvalue weighted by Gasteiger charge is -2.20. The van der Waals surface area contributed by atoms with Crippen LogP contribution in [0.4, 0.5) is 5.69 Å². The molecular weight excluding hydrogens is 442 g/mol. The highest BCUT2D eigenvalue weighted by atomic mass is 16.5. The molecule has 4 rings (SSSR count). The van der Waals surface area contributed by atoms with E-state index in [2.05, 4.69) is 10.7 Å². The third kappa shape index (κ3) is 6.39. The van der Waals surface area contributed by atoms with Gasteiger partial charge in [-0.25, -0.2) is 5.43 Å². The van der Waals surface area contributed by atoms with E-state index in [0.717, 1.165) is 24.2 Å². The van der Waals surface area contributed by atoms with E-state index in [1.54, 1.807) is 50.6 Å². The lowest BCUT2D eigenvalue weighted by Crippen LogP contribution is -2.39. The second-order valence-electron chi connectivity index (χ2n) is 8.61. The lowest BCUT2D eigenvalue weighted by molar-refractivity contribution is 0.0712. The van der Waals surface area contributed by atoms with Crippen LogP contribution in [0.1, 0.15) is 52.0 Å². The zero-order valence-corrected chi connectivity index (χ0v) is 20.1. The van der Waals surface area contributed by atoms with Crippen LogP contribution in [0.15, 0.2) is 72.8 Å².